The minimum Gasteiger partial charge on any atom is -0.481 e. The SMILES string of the molecule is CCCC(CCC)c1nnc(SCC(=O)O)n1C(C)(C)C. The van der Waals surface area contributed by atoms with Crippen molar-refractivity contribution < 1.29 is 9.90 Å². The van der Waals surface area contributed by atoms with Crippen molar-refractivity contribution in [2.24, 2.45) is 0 Å². The van der Waals surface area contributed by atoms with Gasteiger partial charge in [-0.25, -0.2) is 0 Å². The molecular weight excluding hydrogens is 286 g/mol. The van der Waals surface area contributed by atoms with Gasteiger partial charge in [-0.2, -0.15) is 0 Å². The van der Waals surface area contributed by atoms with Gasteiger partial charge in [-0.3, -0.25) is 4.79 Å². The number of nitrogens with zero attached hydrogens (tertiary/aromatic N) is 3. The number of thioether (sulfide) groups is 1. The molecule has 0 aliphatic heterocycles. The number of hydrogen-bond acceptors (Lipinski definition) is 4. The lowest BCUT2D eigenvalue weighted by atomic mass is 9.96. The lowest BCUT2D eigenvalue weighted by molar-refractivity contribution is -0.133. The van der Waals surface area contributed by atoms with E-state index in [-0.39, 0.29) is 11.3 Å². The maximum atomic E-state index is 10.8. The maximum absolute atomic E-state index is 10.8. The summed E-state index contributed by atoms with van der Waals surface area (Å²) in [6, 6.07) is 0. The molecule has 0 aliphatic rings. The number of carboxylic acid groups (broad SMARTS) is 1. The van der Waals surface area contributed by atoms with Crippen LogP contribution in [0.15, 0.2) is 5.16 Å². The lowest BCUT2D eigenvalue weighted by Crippen LogP contribution is -2.26. The Morgan fingerprint density at radius 2 is 1.81 bits per heavy atom. The van der Waals surface area contributed by atoms with E-state index in [0.717, 1.165) is 31.5 Å². The number of rotatable bonds is 8. The van der Waals surface area contributed by atoms with Gasteiger partial charge in [-0.15, -0.1) is 10.2 Å². The van der Waals surface area contributed by atoms with Gasteiger partial charge in [-0.1, -0.05) is 38.5 Å². The molecule has 1 heterocycles. The Hall–Kier alpha value is -1.04. The van der Waals surface area contributed by atoms with Gasteiger partial charge in [0.2, 0.25) is 0 Å². The molecule has 120 valence electrons. The summed E-state index contributed by atoms with van der Waals surface area (Å²) in [4.78, 5) is 10.8. The normalized spacial score (nSPS) is 12.1. The molecule has 6 heteroatoms. The zero-order valence-corrected chi connectivity index (χ0v) is 14.5. The predicted molar refractivity (Wildman–Crippen MR) is 85.9 cm³/mol. The minimum atomic E-state index is -0.830. The van der Waals surface area contributed by atoms with Gasteiger partial charge < -0.3 is 9.67 Å². The lowest BCUT2D eigenvalue weighted by Gasteiger charge is -2.27. The summed E-state index contributed by atoms with van der Waals surface area (Å²) < 4.78 is 2.12. The molecule has 1 N–H and O–H groups in total. The summed E-state index contributed by atoms with van der Waals surface area (Å²) in [6.07, 6.45) is 4.40. The van der Waals surface area contributed by atoms with Crippen molar-refractivity contribution in [2.45, 2.75) is 76.9 Å². The minimum absolute atomic E-state index is 0.0143. The van der Waals surface area contributed by atoms with Crippen molar-refractivity contribution in [3.63, 3.8) is 0 Å². The average Bonchev–Trinajstić information content (AvgIpc) is 2.79. The third kappa shape index (κ3) is 5.02. The monoisotopic (exact) mass is 313 g/mol. The molecule has 1 aromatic heterocycles. The number of aliphatic carboxylic acids is 1. The highest BCUT2D eigenvalue weighted by Crippen LogP contribution is 2.32. The molecule has 0 radical (unpaired) electrons. The van der Waals surface area contributed by atoms with Crippen molar-refractivity contribution in [1.29, 1.82) is 0 Å². The molecule has 0 bridgehead atoms. The third-order valence-corrected chi connectivity index (χ3v) is 4.21. The predicted octanol–water partition coefficient (Wildman–Crippen LogP) is 3.89. The van der Waals surface area contributed by atoms with E-state index in [1.165, 1.54) is 11.8 Å². The first-order valence-corrected chi connectivity index (χ1v) is 8.60. The average molecular weight is 313 g/mol. The standard InChI is InChI=1S/C15H27N3O2S/c1-6-8-11(9-7-2)13-16-17-14(21-10-12(19)20)18(13)15(3,4)5/h11H,6-10H2,1-5H3,(H,19,20). The Labute approximate surface area is 131 Å². The summed E-state index contributed by atoms with van der Waals surface area (Å²) in [5, 5.41) is 18.2. The van der Waals surface area contributed by atoms with Gasteiger partial charge in [0.1, 0.15) is 5.82 Å². The number of aromatic nitrogens is 3. The highest BCUT2D eigenvalue weighted by Gasteiger charge is 2.27. The summed E-state index contributed by atoms with van der Waals surface area (Å²) in [6.45, 7) is 10.7. The summed E-state index contributed by atoms with van der Waals surface area (Å²) in [7, 11) is 0. The van der Waals surface area contributed by atoms with Crippen molar-refractivity contribution >= 4 is 17.7 Å². The second kappa shape index (κ2) is 7.82. The van der Waals surface area contributed by atoms with E-state index >= 15 is 0 Å². The first-order chi connectivity index (χ1) is 9.81. The maximum Gasteiger partial charge on any atom is 0.313 e. The van der Waals surface area contributed by atoms with E-state index < -0.39 is 5.97 Å². The molecule has 0 aromatic carbocycles. The van der Waals surface area contributed by atoms with Gasteiger partial charge in [-0.05, 0) is 33.6 Å². The largest absolute Gasteiger partial charge is 0.481 e. The van der Waals surface area contributed by atoms with Crippen molar-refractivity contribution in [2.75, 3.05) is 5.75 Å². The van der Waals surface area contributed by atoms with Crippen LogP contribution in [0.3, 0.4) is 0 Å². The van der Waals surface area contributed by atoms with Crippen molar-refractivity contribution in [3.05, 3.63) is 5.82 Å². The van der Waals surface area contributed by atoms with Crippen LogP contribution in [0.2, 0.25) is 0 Å². The van der Waals surface area contributed by atoms with Crippen LogP contribution in [-0.2, 0) is 10.3 Å². The molecule has 0 saturated heterocycles. The second-order valence-electron chi connectivity index (χ2n) is 6.30. The fraction of sp³-hybridized carbons (Fsp3) is 0.800. The van der Waals surface area contributed by atoms with Gasteiger partial charge in [0.05, 0.1) is 5.75 Å². The molecule has 5 nitrogen and oxygen atoms in total. The molecule has 0 aliphatic carbocycles. The molecule has 0 saturated carbocycles. The van der Waals surface area contributed by atoms with Crippen LogP contribution in [-0.4, -0.2) is 31.6 Å². The number of hydrogen-bond donors (Lipinski definition) is 1. The van der Waals surface area contributed by atoms with Gasteiger partial charge in [0.15, 0.2) is 5.16 Å². The molecule has 0 spiro atoms. The fourth-order valence-corrected chi connectivity index (χ4v) is 3.34. The summed E-state index contributed by atoms with van der Waals surface area (Å²) in [5.74, 6) is 0.578. The van der Waals surface area contributed by atoms with Crippen LogP contribution in [0.4, 0.5) is 0 Å². The first-order valence-electron chi connectivity index (χ1n) is 7.61. The molecule has 0 unspecified atom stereocenters. The Morgan fingerprint density at radius 3 is 2.24 bits per heavy atom. The first kappa shape index (κ1) is 18.0. The number of carbonyl (C=O) groups is 1. The van der Waals surface area contributed by atoms with E-state index in [9.17, 15) is 4.79 Å². The molecule has 1 rings (SSSR count). The zero-order chi connectivity index (χ0) is 16.0. The van der Waals surface area contributed by atoms with Crippen LogP contribution in [0.25, 0.3) is 0 Å². The van der Waals surface area contributed by atoms with Gasteiger partial charge >= 0.3 is 5.97 Å². The van der Waals surface area contributed by atoms with Gasteiger partial charge in [0.25, 0.3) is 0 Å². The molecule has 0 fully saturated rings. The van der Waals surface area contributed by atoms with Crippen LogP contribution < -0.4 is 0 Å². The molecule has 0 amide bonds. The Balaban J connectivity index is 3.16. The molecule has 1 aromatic rings. The highest BCUT2D eigenvalue weighted by molar-refractivity contribution is 7.99. The second-order valence-corrected chi connectivity index (χ2v) is 7.25. The van der Waals surface area contributed by atoms with E-state index in [4.69, 9.17) is 5.11 Å². The highest BCUT2D eigenvalue weighted by atomic mass is 32.2. The van der Waals surface area contributed by atoms with E-state index in [2.05, 4.69) is 49.4 Å². The Kier molecular flexibility index (Phi) is 6.71. The van der Waals surface area contributed by atoms with Crippen LogP contribution >= 0.6 is 11.8 Å². The van der Waals surface area contributed by atoms with Crippen molar-refractivity contribution in [1.82, 2.24) is 14.8 Å². The number of carboxylic acids is 1. The fourth-order valence-electron chi connectivity index (χ4n) is 2.50. The Bertz CT molecular complexity index is 460. The quantitative estimate of drug-likeness (QED) is 0.737. The topological polar surface area (TPSA) is 68.0 Å². The van der Waals surface area contributed by atoms with Crippen LogP contribution in [0.1, 0.15) is 72.0 Å². The smallest absolute Gasteiger partial charge is 0.313 e. The molecular formula is C15H27N3O2S. The summed E-state index contributed by atoms with van der Waals surface area (Å²) >= 11 is 1.25. The van der Waals surface area contributed by atoms with E-state index in [0.29, 0.717) is 11.1 Å². The Morgan fingerprint density at radius 1 is 1.24 bits per heavy atom. The van der Waals surface area contributed by atoms with Gasteiger partial charge in [0, 0.05) is 11.5 Å². The third-order valence-electron chi connectivity index (χ3n) is 3.29. The van der Waals surface area contributed by atoms with Crippen molar-refractivity contribution in [3.8, 4) is 0 Å². The molecule has 0 atom stereocenters. The van der Waals surface area contributed by atoms with E-state index in [1.54, 1.807) is 0 Å². The van der Waals surface area contributed by atoms with Crippen LogP contribution in [0.5, 0.6) is 0 Å². The van der Waals surface area contributed by atoms with Crippen LogP contribution in [0, 0.1) is 0 Å². The summed E-state index contributed by atoms with van der Waals surface area (Å²) in [5.41, 5.74) is -0.153. The van der Waals surface area contributed by atoms with E-state index in [1.807, 2.05) is 0 Å². The molecule has 21 heavy (non-hydrogen) atoms. The zero-order valence-electron chi connectivity index (χ0n) is 13.7.